The van der Waals surface area contributed by atoms with Gasteiger partial charge in [-0.25, -0.2) is 4.79 Å². The molecular formula is C24H46NNa2O8P. The number of esters is 2. The van der Waals surface area contributed by atoms with E-state index < -0.39 is 39.1 Å². The largest absolute Gasteiger partial charge is 1.00 e. The molecule has 0 fully saturated rings. The van der Waals surface area contributed by atoms with Crippen LogP contribution in [0.2, 0.25) is 0 Å². The summed E-state index contributed by atoms with van der Waals surface area (Å²) in [6.07, 6.45) is 7.23. The second-order valence-electron chi connectivity index (χ2n) is 6.80. The van der Waals surface area contributed by atoms with Gasteiger partial charge in [0, 0.05) is 22.3 Å². The summed E-state index contributed by atoms with van der Waals surface area (Å²) < 4.78 is 24.8. The third-order valence-corrected chi connectivity index (χ3v) is 4.42. The molecule has 9 nitrogen and oxygen atoms in total. The van der Waals surface area contributed by atoms with Crippen molar-refractivity contribution in [1.29, 1.82) is 0 Å². The summed E-state index contributed by atoms with van der Waals surface area (Å²) in [6.45, 7) is 2.48. The van der Waals surface area contributed by atoms with Gasteiger partial charge in [0.1, 0.15) is 6.61 Å². The first-order valence-corrected chi connectivity index (χ1v) is 12.2. The van der Waals surface area contributed by atoms with Crippen molar-refractivity contribution in [2.75, 3.05) is 13.2 Å². The van der Waals surface area contributed by atoms with Gasteiger partial charge in [0.05, 0.1) is 14.4 Å². The Bertz CT molecular complexity index is 935. The van der Waals surface area contributed by atoms with E-state index in [-0.39, 0.29) is 81.7 Å². The molecule has 12 heteroatoms. The van der Waals surface area contributed by atoms with E-state index in [4.69, 9.17) is 9.47 Å². The van der Waals surface area contributed by atoms with Gasteiger partial charge in [-0.15, -0.1) is 0 Å². The van der Waals surface area contributed by atoms with Gasteiger partial charge in [-0.05, 0) is 48.9 Å². The molecule has 1 atom stereocenters. The Hall–Kier alpha value is -0.750. The van der Waals surface area contributed by atoms with E-state index in [1.807, 2.05) is 0 Å². The van der Waals surface area contributed by atoms with Crippen molar-refractivity contribution >= 4 is 19.8 Å². The van der Waals surface area contributed by atoms with Crippen LogP contribution >= 0.6 is 7.82 Å². The van der Waals surface area contributed by atoms with Crippen LogP contribution in [0.1, 0.15) is 81.6 Å². The summed E-state index contributed by atoms with van der Waals surface area (Å²) in [5.41, 5.74) is 0. The first-order valence-electron chi connectivity index (χ1n) is 10.7. The number of carbonyl (C=O) groups excluding carboxylic acids is 2. The van der Waals surface area contributed by atoms with Gasteiger partial charge in [-0.1, -0.05) is 57.8 Å². The minimum Gasteiger partial charge on any atom is -0.790 e. The van der Waals surface area contributed by atoms with E-state index in [0.717, 1.165) is 19.3 Å². The SMILES string of the molecule is CC#CC#CC#CC#CC(=O)OC[C@@H](COP(=O)([O-])[O-])OC(=O)CCCCCCCCCC.N.[HH].[HH].[HH].[HH].[HH].[HH].[HH].[Na+].[Na+]. The molecule has 36 heavy (non-hydrogen) atoms. The number of hydrogen-bond acceptors (Lipinski definition) is 9. The Balaban J connectivity index is -0.000000114. The van der Waals surface area contributed by atoms with Gasteiger partial charge in [-0.2, -0.15) is 0 Å². The van der Waals surface area contributed by atoms with E-state index in [1.165, 1.54) is 25.7 Å². The first kappa shape index (κ1) is 42.3. The molecule has 0 aromatic rings. The standard InChI is InChI=1S/C24H31O8P.H3N.2Na.7H2/c1-3-5-7-9-11-13-15-17-19-24(26)32-22(21-31-33(27,28)29)20-30-23(25)18-16-14-12-10-8-6-4-2;;;;;;;;;;/h22H,3,5,7,9,11,13,15,17,19-21H2,1-2H3,(H2,27,28,29);1H3;;;7*1H/q;;2*+1;;;;;;;/p-2/t22-;;;;;;;;;;/m0........../s1. The van der Waals surface area contributed by atoms with Crippen LogP contribution in [-0.4, -0.2) is 31.3 Å². The van der Waals surface area contributed by atoms with Gasteiger partial charge < -0.3 is 34.5 Å². The molecule has 0 heterocycles. The fourth-order valence-corrected chi connectivity index (χ4v) is 2.76. The summed E-state index contributed by atoms with van der Waals surface area (Å²) in [6, 6.07) is 0. The van der Waals surface area contributed by atoms with Crippen molar-refractivity contribution in [3.8, 4) is 47.4 Å². The number of ether oxygens (including phenoxy) is 2. The average molecular weight is 554 g/mol. The topological polar surface area (TPSA) is 160 Å². The van der Waals surface area contributed by atoms with Crippen molar-refractivity contribution in [3.05, 3.63) is 0 Å². The van der Waals surface area contributed by atoms with Gasteiger partial charge >= 0.3 is 71.1 Å². The van der Waals surface area contributed by atoms with E-state index in [9.17, 15) is 23.9 Å². The van der Waals surface area contributed by atoms with Crippen LogP contribution in [0, 0.1) is 47.4 Å². The maximum absolute atomic E-state index is 12.0. The zero-order chi connectivity index (χ0) is 24.8. The minimum absolute atomic E-state index is 0. The molecule has 0 aliphatic carbocycles. The number of rotatable bonds is 15. The molecule has 0 aromatic carbocycles. The minimum atomic E-state index is -5.29. The van der Waals surface area contributed by atoms with Gasteiger partial charge in [-0.3, -0.25) is 4.79 Å². The quantitative estimate of drug-likeness (QED) is 0.0590. The smallest absolute Gasteiger partial charge is 0.790 e. The van der Waals surface area contributed by atoms with Gasteiger partial charge in [0.15, 0.2) is 6.10 Å². The normalized spacial score (nSPS) is 9.67. The first-order chi connectivity index (χ1) is 15.8. The van der Waals surface area contributed by atoms with Crippen LogP contribution in [0.25, 0.3) is 0 Å². The zero-order valence-electron chi connectivity index (χ0n) is 21.8. The molecule has 0 unspecified atom stereocenters. The summed E-state index contributed by atoms with van der Waals surface area (Å²) in [5.74, 6) is 17.2. The van der Waals surface area contributed by atoms with Crippen molar-refractivity contribution in [2.24, 2.45) is 0 Å². The van der Waals surface area contributed by atoms with Crippen LogP contribution in [0.5, 0.6) is 0 Å². The number of unbranched alkanes of at least 4 members (excludes halogenated alkanes) is 7. The Morgan fingerprint density at radius 1 is 0.861 bits per heavy atom. The third-order valence-electron chi connectivity index (χ3n) is 3.95. The van der Waals surface area contributed by atoms with Crippen molar-refractivity contribution in [3.63, 3.8) is 0 Å². The molecule has 0 aromatic heterocycles. The van der Waals surface area contributed by atoms with E-state index in [1.54, 1.807) is 6.92 Å². The summed E-state index contributed by atoms with van der Waals surface area (Å²) >= 11 is 0. The molecule has 0 aliphatic rings. The Morgan fingerprint density at radius 2 is 1.39 bits per heavy atom. The van der Waals surface area contributed by atoms with Gasteiger partial charge in [0.2, 0.25) is 0 Å². The number of hydrogen-bond donors (Lipinski definition) is 1. The zero-order valence-corrected chi connectivity index (χ0v) is 26.7. The van der Waals surface area contributed by atoms with E-state index in [2.05, 4.69) is 58.8 Å². The predicted molar refractivity (Wildman–Crippen MR) is 138 cm³/mol. The summed E-state index contributed by atoms with van der Waals surface area (Å²) in [7, 11) is -5.29. The monoisotopic (exact) mass is 553 g/mol. The fraction of sp³-hybridized carbons (Fsp3) is 0.583. The molecule has 202 valence electrons. The van der Waals surface area contributed by atoms with E-state index >= 15 is 0 Å². The third kappa shape index (κ3) is 31.3. The molecule has 0 spiro atoms. The molecule has 0 rings (SSSR count). The predicted octanol–water partition coefficient (Wildman–Crippen LogP) is -2.26. The Morgan fingerprint density at radius 3 is 1.94 bits per heavy atom. The maximum atomic E-state index is 12.0. The van der Waals surface area contributed by atoms with Crippen LogP contribution < -0.4 is 75.1 Å². The molecule has 3 N–H and O–H groups in total. The summed E-state index contributed by atoms with van der Waals surface area (Å²) in [4.78, 5) is 45.1. The Labute approximate surface area is 269 Å². The Kier molecular flexibility index (Phi) is 33.9. The molecule has 0 saturated heterocycles. The van der Waals surface area contributed by atoms with Crippen molar-refractivity contribution in [2.45, 2.75) is 77.7 Å². The molecule has 0 bridgehead atoms. The summed E-state index contributed by atoms with van der Waals surface area (Å²) in [5, 5.41) is 0. The average Bonchev–Trinajstić information content (AvgIpc) is 2.76. The molecule has 0 amide bonds. The van der Waals surface area contributed by atoms with Crippen LogP contribution in [-0.2, 0) is 28.2 Å². The van der Waals surface area contributed by atoms with Crippen molar-refractivity contribution in [1.82, 2.24) is 6.15 Å². The molecule has 0 aliphatic heterocycles. The number of phosphoric acid groups is 1. The van der Waals surface area contributed by atoms with Crippen LogP contribution in [0.3, 0.4) is 0 Å². The van der Waals surface area contributed by atoms with Gasteiger partial charge in [0.25, 0.3) is 0 Å². The molecule has 0 saturated carbocycles. The number of carbonyl (C=O) groups is 2. The molecular weight excluding hydrogens is 507 g/mol. The van der Waals surface area contributed by atoms with E-state index in [0.29, 0.717) is 6.42 Å². The maximum Gasteiger partial charge on any atom is 1.00 e. The van der Waals surface area contributed by atoms with Crippen LogP contribution in [0.15, 0.2) is 0 Å². The second-order valence-corrected chi connectivity index (χ2v) is 7.96. The second kappa shape index (κ2) is 28.8. The fourth-order valence-electron chi connectivity index (χ4n) is 2.41. The van der Waals surface area contributed by atoms with Crippen LogP contribution in [0.4, 0.5) is 0 Å². The molecule has 0 radical (unpaired) electrons. The number of phosphoric ester groups is 1. The van der Waals surface area contributed by atoms with Crippen molar-refractivity contribution < 1.29 is 107 Å².